The fourth-order valence-corrected chi connectivity index (χ4v) is 2.88. The van der Waals surface area contributed by atoms with Crippen LogP contribution in [0.2, 0.25) is 0 Å². The Hall–Kier alpha value is -3.19. The molecule has 0 saturated heterocycles. The Bertz CT molecular complexity index is 951. The summed E-state index contributed by atoms with van der Waals surface area (Å²) < 4.78 is 5.41. The summed E-state index contributed by atoms with van der Waals surface area (Å²) in [5.41, 5.74) is 2.09. The van der Waals surface area contributed by atoms with E-state index in [1.807, 2.05) is 56.3 Å². The Balaban J connectivity index is 1.69. The molecule has 1 atom stereocenters. The molecule has 2 heterocycles. The predicted molar refractivity (Wildman–Crippen MR) is 103 cm³/mol. The Labute approximate surface area is 157 Å². The number of anilines is 1. The normalized spacial score (nSPS) is 12.1. The van der Waals surface area contributed by atoms with E-state index in [1.165, 1.54) is 0 Å². The van der Waals surface area contributed by atoms with Crippen molar-refractivity contribution >= 4 is 28.4 Å². The van der Waals surface area contributed by atoms with E-state index < -0.39 is 11.8 Å². The van der Waals surface area contributed by atoms with Crippen molar-refractivity contribution in [3.8, 4) is 0 Å². The molecule has 0 radical (unpaired) electrons. The topological polar surface area (TPSA) is 87.5 Å². The maximum absolute atomic E-state index is 12.4. The van der Waals surface area contributed by atoms with Gasteiger partial charge in [-0.25, -0.2) is 0 Å². The second-order valence-electron chi connectivity index (χ2n) is 6.49. The zero-order valence-corrected chi connectivity index (χ0v) is 15.5. The molecule has 0 aliphatic rings. The standard InChI is InChI=1S/C20H22N4O3/c1-13-11-16(14-7-4-5-8-15(14)22-13)23-20(26)19(25)21-12-17(24(2)3)18-9-6-10-27-18/h4-11,17H,12H2,1-3H3,(H,21,25)(H,22,23,26)/t17-/m1/s1. The van der Waals surface area contributed by atoms with Crippen LogP contribution in [0.15, 0.2) is 53.1 Å². The Morgan fingerprint density at radius 1 is 1.15 bits per heavy atom. The number of pyridine rings is 1. The molecule has 0 bridgehead atoms. The molecule has 0 spiro atoms. The second kappa shape index (κ2) is 8.01. The van der Waals surface area contributed by atoms with E-state index in [1.54, 1.807) is 18.4 Å². The molecule has 0 saturated carbocycles. The molecule has 0 aliphatic heterocycles. The molecule has 7 heteroatoms. The predicted octanol–water partition coefficient (Wildman–Crippen LogP) is 2.49. The minimum absolute atomic E-state index is 0.166. The number of aryl methyl sites for hydroxylation is 1. The number of fused-ring (bicyclic) bond motifs is 1. The number of rotatable bonds is 5. The molecular weight excluding hydrogens is 344 g/mol. The molecule has 140 valence electrons. The lowest BCUT2D eigenvalue weighted by molar-refractivity contribution is -0.136. The number of amides is 2. The third-order valence-electron chi connectivity index (χ3n) is 4.25. The first-order valence-electron chi connectivity index (χ1n) is 8.61. The van der Waals surface area contributed by atoms with Crippen LogP contribution in [-0.2, 0) is 9.59 Å². The van der Waals surface area contributed by atoms with E-state index in [2.05, 4.69) is 15.6 Å². The number of nitrogens with one attached hydrogen (secondary N) is 2. The van der Waals surface area contributed by atoms with Crippen LogP contribution in [-0.4, -0.2) is 42.3 Å². The van der Waals surface area contributed by atoms with Crippen LogP contribution in [0.3, 0.4) is 0 Å². The summed E-state index contributed by atoms with van der Waals surface area (Å²) in [5.74, 6) is -0.703. The first-order chi connectivity index (χ1) is 13.0. The largest absolute Gasteiger partial charge is 0.468 e. The van der Waals surface area contributed by atoms with Gasteiger partial charge in [-0.2, -0.15) is 0 Å². The van der Waals surface area contributed by atoms with Crippen molar-refractivity contribution in [3.63, 3.8) is 0 Å². The van der Waals surface area contributed by atoms with Gasteiger partial charge in [-0.1, -0.05) is 18.2 Å². The van der Waals surface area contributed by atoms with Crippen LogP contribution in [0.1, 0.15) is 17.5 Å². The van der Waals surface area contributed by atoms with Gasteiger partial charge < -0.3 is 15.1 Å². The van der Waals surface area contributed by atoms with Gasteiger partial charge in [0.1, 0.15) is 5.76 Å². The highest BCUT2D eigenvalue weighted by Crippen LogP contribution is 2.23. The minimum Gasteiger partial charge on any atom is -0.468 e. The Morgan fingerprint density at radius 3 is 2.63 bits per heavy atom. The van der Waals surface area contributed by atoms with Crippen LogP contribution in [0.4, 0.5) is 5.69 Å². The summed E-state index contributed by atoms with van der Waals surface area (Å²) in [6.45, 7) is 2.09. The van der Waals surface area contributed by atoms with Gasteiger partial charge in [0.25, 0.3) is 0 Å². The summed E-state index contributed by atoms with van der Waals surface area (Å²) in [6.07, 6.45) is 1.58. The SMILES string of the molecule is Cc1cc(NC(=O)C(=O)NC[C@H](c2ccco2)N(C)C)c2ccccc2n1. The molecule has 0 unspecified atom stereocenters. The van der Waals surface area contributed by atoms with Crippen molar-refractivity contribution in [2.45, 2.75) is 13.0 Å². The number of carbonyl (C=O) groups excluding carboxylic acids is 2. The summed E-state index contributed by atoms with van der Waals surface area (Å²) >= 11 is 0. The van der Waals surface area contributed by atoms with E-state index >= 15 is 0 Å². The number of benzene rings is 1. The van der Waals surface area contributed by atoms with Crippen molar-refractivity contribution in [2.75, 3.05) is 26.0 Å². The summed E-state index contributed by atoms with van der Waals surface area (Å²) in [7, 11) is 3.76. The average molecular weight is 366 g/mol. The van der Waals surface area contributed by atoms with Crippen molar-refractivity contribution in [3.05, 3.63) is 60.2 Å². The number of likely N-dealkylation sites (N-methyl/N-ethyl adjacent to an activating group) is 1. The summed E-state index contributed by atoms with van der Waals surface area (Å²) in [5, 5.41) is 6.14. The number of carbonyl (C=O) groups is 2. The molecule has 3 rings (SSSR count). The zero-order valence-electron chi connectivity index (χ0n) is 15.5. The first kappa shape index (κ1) is 18.6. The highest BCUT2D eigenvalue weighted by atomic mass is 16.3. The van der Waals surface area contributed by atoms with Crippen molar-refractivity contribution in [1.82, 2.24) is 15.2 Å². The second-order valence-corrected chi connectivity index (χ2v) is 6.49. The van der Waals surface area contributed by atoms with Gasteiger partial charge >= 0.3 is 11.8 Å². The zero-order chi connectivity index (χ0) is 19.4. The van der Waals surface area contributed by atoms with Crippen molar-refractivity contribution in [2.24, 2.45) is 0 Å². The van der Waals surface area contributed by atoms with Crippen LogP contribution in [0.25, 0.3) is 10.9 Å². The number of para-hydroxylation sites is 1. The molecule has 2 amide bonds. The number of hydrogen-bond donors (Lipinski definition) is 2. The molecule has 0 fully saturated rings. The van der Waals surface area contributed by atoms with E-state index in [0.717, 1.165) is 22.4 Å². The first-order valence-corrected chi connectivity index (χ1v) is 8.61. The number of furan rings is 1. The van der Waals surface area contributed by atoms with E-state index in [9.17, 15) is 9.59 Å². The minimum atomic E-state index is -0.720. The van der Waals surface area contributed by atoms with E-state index in [0.29, 0.717) is 5.69 Å². The molecule has 3 aromatic rings. The number of aromatic nitrogens is 1. The molecular formula is C20H22N4O3. The summed E-state index contributed by atoms with van der Waals surface area (Å²) in [6, 6.07) is 12.7. The molecule has 2 aromatic heterocycles. The quantitative estimate of drug-likeness (QED) is 0.678. The Kier molecular flexibility index (Phi) is 5.52. The Morgan fingerprint density at radius 2 is 1.93 bits per heavy atom. The fraction of sp³-hybridized carbons (Fsp3) is 0.250. The maximum atomic E-state index is 12.4. The van der Waals surface area contributed by atoms with Gasteiger partial charge in [0, 0.05) is 17.6 Å². The smallest absolute Gasteiger partial charge is 0.313 e. The highest BCUT2D eigenvalue weighted by Gasteiger charge is 2.21. The fourth-order valence-electron chi connectivity index (χ4n) is 2.88. The van der Waals surface area contributed by atoms with Gasteiger partial charge in [0.15, 0.2) is 0 Å². The molecule has 7 nitrogen and oxygen atoms in total. The van der Waals surface area contributed by atoms with Crippen LogP contribution < -0.4 is 10.6 Å². The lowest BCUT2D eigenvalue weighted by Crippen LogP contribution is -2.40. The lowest BCUT2D eigenvalue weighted by Gasteiger charge is -2.22. The third-order valence-corrected chi connectivity index (χ3v) is 4.25. The average Bonchev–Trinajstić information content (AvgIpc) is 3.15. The van der Waals surface area contributed by atoms with Gasteiger partial charge in [-0.15, -0.1) is 0 Å². The highest BCUT2D eigenvalue weighted by molar-refractivity contribution is 6.40. The molecule has 0 aliphatic carbocycles. The van der Waals surface area contributed by atoms with Gasteiger partial charge in [0.2, 0.25) is 0 Å². The number of hydrogen-bond acceptors (Lipinski definition) is 5. The van der Waals surface area contributed by atoms with Crippen LogP contribution in [0, 0.1) is 6.92 Å². The van der Waals surface area contributed by atoms with Gasteiger partial charge in [-0.3, -0.25) is 19.5 Å². The summed E-state index contributed by atoms with van der Waals surface area (Å²) in [4.78, 5) is 31.0. The van der Waals surface area contributed by atoms with E-state index in [-0.39, 0.29) is 12.6 Å². The lowest BCUT2D eigenvalue weighted by atomic mass is 10.1. The monoisotopic (exact) mass is 366 g/mol. The van der Waals surface area contributed by atoms with Gasteiger partial charge in [0.05, 0.1) is 23.5 Å². The van der Waals surface area contributed by atoms with Crippen LogP contribution >= 0.6 is 0 Å². The van der Waals surface area contributed by atoms with Crippen molar-refractivity contribution < 1.29 is 14.0 Å². The molecule has 2 N–H and O–H groups in total. The van der Waals surface area contributed by atoms with Gasteiger partial charge in [-0.05, 0) is 45.3 Å². The van der Waals surface area contributed by atoms with Crippen LogP contribution in [0.5, 0.6) is 0 Å². The molecule has 27 heavy (non-hydrogen) atoms. The molecule has 1 aromatic carbocycles. The third kappa shape index (κ3) is 4.32. The maximum Gasteiger partial charge on any atom is 0.313 e. The van der Waals surface area contributed by atoms with E-state index in [4.69, 9.17) is 4.42 Å². The number of nitrogens with zero attached hydrogens (tertiary/aromatic N) is 2. The van der Waals surface area contributed by atoms with Crippen molar-refractivity contribution in [1.29, 1.82) is 0 Å².